The summed E-state index contributed by atoms with van der Waals surface area (Å²) in [6.07, 6.45) is 1.46. The van der Waals surface area contributed by atoms with Crippen LogP contribution >= 0.6 is 0 Å². The minimum atomic E-state index is -1.12. The molecule has 2 aromatic carbocycles. The van der Waals surface area contributed by atoms with Crippen LogP contribution in [0.5, 0.6) is 0 Å². The molecule has 0 aliphatic carbocycles. The molecule has 5 heteroatoms. The predicted octanol–water partition coefficient (Wildman–Crippen LogP) is 2.28. The molecule has 1 aromatic heterocycles. The molecule has 0 saturated heterocycles. The number of aliphatic hydroxyl groups is 1. The van der Waals surface area contributed by atoms with Crippen molar-refractivity contribution in [2.24, 2.45) is 0 Å². The number of para-hydroxylation sites is 2. The highest BCUT2D eigenvalue weighted by Gasteiger charge is 2.15. The largest absolute Gasteiger partial charge is 0.378 e. The number of aryl methyl sites for hydroxylation is 1. The molecule has 0 aliphatic heterocycles. The van der Waals surface area contributed by atoms with Gasteiger partial charge in [0.1, 0.15) is 0 Å². The van der Waals surface area contributed by atoms with E-state index in [0.29, 0.717) is 12.1 Å². The van der Waals surface area contributed by atoms with Gasteiger partial charge in [0.15, 0.2) is 6.10 Å². The third-order valence-corrected chi connectivity index (χ3v) is 3.77. The third-order valence-electron chi connectivity index (χ3n) is 3.77. The Balaban J connectivity index is 1.49. The van der Waals surface area contributed by atoms with Gasteiger partial charge in [-0.25, -0.2) is 4.98 Å². The number of aliphatic hydroxyl groups excluding tert-OH is 1. The lowest BCUT2D eigenvalue weighted by atomic mass is 10.1. The number of nitrogens with one attached hydrogen (secondary N) is 1. The van der Waals surface area contributed by atoms with E-state index in [-0.39, 0.29) is 5.91 Å². The second-order valence-corrected chi connectivity index (χ2v) is 5.38. The molecule has 0 saturated carbocycles. The zero-order valence-corrected chi connectivity index (χ0v) is 12.7. The molecule has 1 amide bonds. The van der Waals surface area contributed by atoms with Crippen molar-refractivity contribution in [2.45, 2.75) is 19.1 Å². The highest BCUT2D eigenvalue weighted by Crippen LogP contribution is 2.13. The van der Waals surface area contributed by atoms with Crippen molar-refractivity contribution in [1.29, 1.82) is 0 Å². The van der Waals surface area contributed by atoms with Gasteiger partial charge >= 0.3 is 0 Å². The van der Waals surface area contributed by atoms with Crippen LogP contribution < -0.4 is 5.32 Å². The third kappa shape index (κ3) is 3.57. The number of hydrogen-bond donors (Lipinski definition) is 2. The van der Waals surface area contributed by atoms with E-state index in [2.05, 4.69) is 14.9 Å². The number of rotatable bonds is 6. The van der Waals surface area contributed by atoms with E-state index in [1.807, 2.05) is 36.7 Å². The fraction of sp³-hybridized carbons (Fsp3) is 0.222. The van der Waals surface area contributed by atoms with Crippen LogP contribution in [-0.4, -0.2) is 27.1 Å². The van der Waals surface area contributed by atoms with Crippen LogP contribution in [0.1, 0.15) is 18.1 Å². The highest BCUT2D eigenvalue weighted by atomic mass is 16.3. The Bertz CT molecular complexity index is 783. The van der Waals surface area contributed by atoms with Crippen LogP contribution in [-0.2, 0) is 11.3 Å². The smallest absolute Gasteiger partial charge is 0.253 e. The van der Waals surface area contributed by atoms with Crippen molar-refractivity contribution in [3.05, 3.63) is 66.5 Å². The van der Waals surface area contributed by atoms with Gasteiger partial charge in [-0.1, -0.05) is 42.5 Å². The molecule has 0 bridgehead atoms. The molecule has 118 valence electrons. The van der Waals surface area contributed by atoms with Gasteiger partial charge in [0, 0.05) is 13.1 Å². The predicted molar refractivity (Wildman–Crippen MR) is 88.8 cm³/mol. The molecule has 23 heavy (non-hydrogen) atoms. The monoisotopic (exact) mass is 309 g/mol. The number of carbonyl (C=O) groups excluding carboxylic acids is 1. The second-order valence-electron chi connectivity index (χ2n) is 5.38. The van der Waals surface area contributed by atoms with E-state index in [0.717, 1.165) is 24.0 Å². The highest BCUT2D eigenvalue weighted by molar-refractivity contribution is 5.81. The van der Waals surface area contributed by atoms with Crippen molar-refractivity contribution in [1.82, 2.24) is 14.9 Å². The Morgan fingerprint density at radius 1 is 1.13 bits per heavy atom. The van der Waals surface area contributed by atoms with E-state index in [4.69, 9.17) is 0 Å². The van der Waals surface area contributed by atoms with E-state index in [9.17, 15) is 9.90 Å². The molecule has 1 heterocycles. The summed E-state index contributed by atoms with van der Waals surface area (Å²) in [5.74, 6) is -0.369. The van der Waals surface area contributed by atoms with Gasteiger partial charge in [-0.05, 0) is 24.1 Å². The molecule has 2 N–H and O–H groups in total. The average molecular weight is 309 g/mol. The standard InChI is InChI=1S/C18H19N3O2/c22-17(14-7-2-1-3-8-14)18(23)19-11-6-12-21-13-20-15-9-4-5-10-16(15)21/h1-5,7-10,13,17,22H,6,11-12H2,(H,19,23). The van der Waals surface area contributed by atoms with Crippen LogP contribution in [0.2, 0.25) is 0 Å². The van der Waals surface area contributed by atoms with Gasteiger partial charge < -0.3 is 15.0 Å². The van der Waals surface area contributed by atoms with Crippen LogP contribution in [0.3, 0.4) is 0 Å². The number of nitrogens with zero attached hydrogens (tertiary/aromatic N) is 2. The first kappa shape index (κ1) is 15.2. The Kier molecular flexibility index (Phi) is 4.68. The molecular weight excluding hydrogens is 290 g/mol. The molecule has 0 aliphatic rings. The van der Waals surface area contributed by atoms with Gasteiger partial charge in [0.25, 0.3) is 5.91 Å². The number of aromatic nitrogens is 2. The fourth-order valence-electron chi connectivity index (χ4n) is 2.53. The molecule has 5 nitrogen and oxygen atoms in total. The minimum Gasteiger partial charge on any atom is -0.378 e. The maximum Gasteiger partial charge on any atom is 0.253 e. The van der Waals surface area contributed by atoms with Crippen molar-refractivity contribution in [3.8, 4) is 0 Å². The SMILES string of the molecule is O=C(NCCCn1cnc2ccccc21)C(O)c1ccccc1. The Morgan fingerprint density at radius 3 is 2.70 bits per heavy atom. The summed E-state index contributed by atoms with van der Waals surface area (Å²) in [6, 6.07) is 16.9. The molecule has 1 atom stereocenters. The van der Waals surface area contributed by atoms with Gasteiger partial charge in [0.05, 0.1) is 17.4 Å². The maximum absolute atomic E-state index is 11.9. The lowest BCUT2D eigenvalue weighted by Crippen LogP contribution is -2.30. The maximum atomic E-state index is 11.9. The fourth-order valence-corrected chi connectivity index (χ4v) is 2.53. The normalized spacial score (nSPS) is 12.2. The van der Waals surface area contributed by atoms with E-state index in [1.54, 1.807) is 24.3 Å². The van der Waals surface area contributed by atoms with E-state index >= 15 is 0 Å². The van der Waals surface area contributed by atoms with Crippen molar-refractivity contribution < 1.29 is 9.90 Å². The number of fused-ring (bicyclic) bond motifs is 1. The van der Waals surface area contributed by atoms with Gasteiger partial charge in [0.2, 0.25) is 0 Å². The first-order valence-electron chi connectivity index (χ1n) is 7.66. The zero-order chi connectivity index (χ0) is 16.1. The van der Waals surface area contributed by atoms with Crippen molar-refractivity contribution in [3.63, 3.8) is 0 Å². The van der Waals surface area contributed by atoms with Gasteiger partial charge in [-0.3, -0.25) is 4.79 Å². The lowest BCUT2D eigenvalue weighted by molar-refractivity contribution is -0.129. The number of benzene rings is 2. The first-order valence-corrected chi connectivity index (χ1v) is 7.66. The Labute approximate surface area is 134 Å². The summed E-state index contributed by atoms with van der Waals surface area (Å²) in [5.41, 5.74) is 2.66. The lowest BCUT2D eigenvalue weighted by Gasteiger charge is -2.12. The number of amides is 1. The summed E-state index contributed by atoms with van der Waals surface area (Å²) >= 11 is 0. The average Bonchev–Trinajstić information content (AvgIpc) is 3.02. The molecule has 3 rings (SSSR count). The number of imidazole rings is 1. The molecule has 1 unspecified atom stereocenters. The van der Waals surface area contributed by atoms with Crippen molar-refractivity contribution >= 4 is 16.9 Å². The molecule has 0 radical (unpaired) electrons. The first-order chi connectivity index (χ1) is 11.3. The van der Waals surface area contributed by atoms with Crippen LogP contribution in [0.4, 0.5) is 0 Å². The Hall–Kier alpha value is -2.66. The topological polar surface area (TPSA) is 67.2 Å². The summed E-state index contributed by atoms with van der Waals surface area (Å²) in [6.45, 7) is 1.28. The summed E-state index contributed by atoms with van der Waals surface area (Å²) in [5, 5.41) is 12.8. The summed E-state index contributed by atoms with van der Waals surface area (Å²) < 4.78 is 2.06. The van der Waals surface area contributed by atoms with Crippen molar-refractivity contribution in [2.75, 3.05) is 6.54 Å². The van der Waals surface area contributed by atoms with E-state index in [1.165, 1.54) is 0 Å². The van der Waals surface area contributed by atoms with Crippen LogP contribution in [0.25, 0.3) is 11.0 Å². The van der Waals surface area contributed by atoms with Crippen LogP contribution in [0.15, 0.2) is 60.9 Å². The quantitative estimate of drug-likeness (QED) is 0.686. The molecular formula is C18H19N3O2. The van der Waals surface area contributed by atoms with Crippen LogP contribution in [0, 0.1) is 0 Å². The zero-order valence-electron chi connectivity index (χ0n) is 12.7. The van der Waals surface area contributed by atoms with Gasteiger partial charge in [-0.15, -0.1) is 0 Å². The van der Waals surface area contributed by atoms with Gasteiger partial charge in [-0.2, -0.15) is 0 Å². The second kappa shape index (κ2) is 7.07. The number of carbonyl (C=O) groups is 1. The molecule has 0 fully saturated rings. The summed E-state index contributed by atoms with van der Waals surface area (Å²) in [7, 11) is 0. The molecule has 0 spiro atoms. The Morgan fingerprint density at radius 2 is 1.87 bits per heavy atom. The summed E-state index contributed by atoms with van der Waals surface area (Å²) in [4.78, 5) is 16.3. The van der Waals surface area contributed by atoms with E-state index < -0.39 is 6.10 Å². The number of hydrogen-bond acceptors (Lipinski definition) is 3. The minimum absolute atomic E-state index is 0.369. The molecule has 3 aromatic rings.